The Morgan fingerprint density at radius 2 is 1.92 bits per heavy atom. The van der Waals surface area contributed by atoms with Crippen LogP contribution in [0.25, 0.3) is 11.4 Å². The van der Waals surface area contributed by atoms with Gasteiger partial charge in [-0.15, -0.1) is 10.2 Å². The Labute approximate surface area is 150 Å². The molecule has 0 spiro atoms. The Balaban J connectivity index is 1.55. The van der Waals surface area contributed by atoms with Gasteiger partial charge >= 0.3 is 0 Å². The van der Waals surface area contributed by atoms with Crippen molar-refractivity contribution in [2.45, 2.75) is 25.9 Å². The number of hydrogen-bond acceptors (Lipinski definition) is 4. The molecule has 0 saturated heterocycles. The molecule has 7 heteroatoms. The van der Waals surface area contributed by atoms with Crippen LogP contribution >= 0.6 is 0 Å². The van der Waals surface area contributed by atoms with Crippen LogP contribution in [0.5, 0.6) is 0 Å². The van der Waals surface area contributed by atoms with Crippen LogP contribution in [0.2, 0.25) is 0 Å². The molecule has 1 amide bonds. The van der Waals surface area contributed by atoms with E-state index in [1.807, 2.05) is 34.9 Å². The molecule has 3 aromatic rings. The second-order valence-corrected chi connectivity index (χ2v) is 6.31. The van der Waals surface area contributed by atoms with Gasteiger partial charge in [-0.2, -0.15) is 0 Å². The summed E-state index contributed by atoms with van der Waals surface area (Å²) in [7, 11) is 0. The first kappa shape index (κ1) is 16.4. The lowest BCUT2D eigenvalue weighted by Crippen LogP contribution is -2.40. The van der Waals surface area contributed by atoms with Gasteiger partial charge in [-0.25, -0.2) is 4.39 Å². The van der Waals surface area contributed by atoms with Gasteiger partial charge in [-0.3, -0.25) is 9.78 Å². The van der Waals surface area contributed by atoms with Gasteiger partial charge in [0.05, 0.1) is 18.2 Å². The van der Waals surface area contributed by atoms with E-state index in [-0.39, 0.29) is 11.6 Å². The first-order valence-electron chi connectivity index (χ1n) is 8.52. The lowest BCUT2D eigenvalue weighted by molar-refractivity contribution is -0.134. The molecule has 0 radical (unpaired) electrons. The summed E-state index contributed by atoms with van der Waals surface area (Å²) in [5.41, 5.74) is 1.17. The molecule has 0 bridgehead atoms. The number of pyridine rings is 1. The molecule has 2 aromatic heterocycles. The summed E-state index contributed by atoms with van der Waals surface area (Å²) < 4.78 is 16.0. The number of amides is 1. The van der Waals surface area contributed by atoms with Crippen LogP contribution < -0.4 is 0 Å². The second-order valence-electron chi connectivity index (χ2n) is 6.31. The van der Waals surface area contributed by atoms with E-state index in [1.54, 1.807) is 11.8 Å². The summed E-state index contributed by atoms with van der Waals surface area (Å²) >= 11 is 0. The van der Waals surface area contributed by atoms with Crippen molar-refractivity contribution in [1.29, 1.82) is 0 Å². The Hall–Kier alpha value is -3.09. The van der Waals surface area contributed by atoms with Crippen LogP contribution in [0, 0.1) is 5.82 Å². The van der Waals surface area contributed by atoms with Crippen molar-refractivity contribution in [3.8, 4) is 11.4 Å². The predicted octanol–water partition coefficient (Wildman–Crippen LogP) is 2.63. The predicted molar refractivity (Wildman–Crippen MR) is 93.5 cm³/mol. The summed E-state index contributed by atoms with van der Waals surface area (Å²) in [4.78, 5) is 18.5. The number of rotatable bonds is 3. The number of aromatic nitrogens is 4. The van der Waals surface area contributed by atoms with E-state index in [0.717, 1.165) is 17.2 Å². The first-order chi connectivity index (χ1) is 12.6. The van der Waals surface area contributed by atoms with Crippen LogP contribution in [0.1, 0.15) is 24.4 Å². The molecule has 3 heterocycles. The molecule has 1 aromatic carbocycles. The van der Waals surface area contributed by atoms with E-state index in [9.17, 15) is 9.18 Å². The second kappa shape index (κ2) is 6.67. The third kappa shape index (κ3) is 2.85. The van der Waals surface area contributed by atoms with E-state index in [0.29, 0.717) is 19.6 Å². The number of nitrogens with zero attached hydrogens (tertiary/aromatic N) is 5. The summed E-state index contributed by atoms with van der Waals surface area (Å²) in [6.07, 6.45) is 1.50. The standard InChI is InChI=1S/C19H18FN5O/c1-13(17-15(20)8-5-9-21-17)19(26)24-10-11-25-16(12-24)22-23-18(25)14-6-3-2-4-7-14/h2-9,13H,10-12H2,1H3/t13-/m0/s1. The minimum Gasteiger partial charge on any atom is -0.333 e. The number of benzene rings is 1. The summed E-state index contributed by atoms with van der Waals surface area (Å²) in [5, 5.41) is 8.53. The van der Waals surface area contributed by atoms with Crippen LogP contribution in [0.3, 0.4) is 0 Å². The monoisotopic (exact) mass is 351 g/mol. The topological polar surface area (TPSA) is 63.9 Å². The Kier molecular flexibility index (Phi) is 4.20. The quantitative estimate of drug-likeness (QED) is 0.728. The van der Waals surface area contributed by atoms with Gasteiger partial charge in [0, 0.05) is 24.8 Å². The molecule has 1 atom stereocenters. The number of carbonyl (C=O) groups is 1. The maximum atomic E-state index is 13.9. The number of carbonyl (C=O) groups excluding carboxylic acids is 1. The molecule has 0 fully saturated rings. The van der Waals surface area contributed by atoms with Gasteiger partial charge in [-0.1, -0.05) is 30.3 Å². The van der Waals surface area contributed by atoms with Crippen LogP contribution in [-0.4, -0.2) is 37.1 Å². The van der Waals surface area contributed by atoms with Crippen molar-refractivity contribution in [3.05, 3.63) is 66.0 Å². The van der Waals surface area contributed by atoms with Gasteiger partial charge in [0.25, 0.3) is 0 Å². The lowest BCUT2D eigenvalue weighted by atomic mass is 10.0. The third-order valence-electron chi connectivity index (χ3n) is 4.66. The van der Waals surface area contributed by atoms with Crippen molar-refractivity contribution >= 4 is 5.91 Å². The Morgan fingerprint density at radius 1 is 1.12 bits per heavy atom. The minimum atomic E-state index is -0.640. The van der Waals surface area contributed by atoms with Crippen molar-refractivity contribution in [1.82, 2.24) is 24.6 Å². The van der Waals surface area contributed by atoms with E-state index >= 15 is 0 Å². The number of halogens is 1. The zero-order valence-electron chi connectivity index (χ0n) is 14.3. The fourth-order valence-corrected chi connectivity index (χ4v) is 3.25. The highest BCUT2D eigenvalue weighted by molar-refractivity contribution is 5.83. The molecule has 132 valence electrons. The fourth-order valence-electron chi connectivity index (χ4n) is 3.25. The SMILES string of the molecule is C[C@H](C(=O)N1CCn2c(nnc2-c2ccccc2)C1)c1ncccc1F. The van der Waals surface area contributed by atoms with E-state index < -0.39 is 11.7 Å². The molecule has 1 aliphatic rings. The maximum Gasteiger partial charge on any atom is 0.232 e. The molecular formula is C19H18FN5O. The largest absolute Gasteiger partial charge is 0.333 e. The van der Waals surface area contributed by atoms with Gasteiger partial charge in [0.1, 0.15) is 5.82 Å². The maximum absolute atomic E-state index is 13.9. The van der Waals surface area contributed by atoms with Crippen molar-refractivity contribution in [2.24, 2.45) is 0 Å². The zero-order chi connectivity index (χ0) is 18.1. The average Bonchev–Trinajstić information content (AvgIpc) is 3.11. The molecule has 6 nitrogen and oxygen atoms in total. The van der Waals surface area contributed by atoms with E-state index in [2.05, 4.69) is 15.2 Å². The van der Waals surface area contributed by atoms with Crippen LogP contribution in [-0.2, 0) is 17.9 Å². The molecule has 0 saturated carbocycles. The first-order valence-corrected chi connectivity index (χ1v) is 8.52. The number of fused-ring (bicyclic) bond motifs is 1. The van der Waals surface area contributed by atoms with E-state index in [4.69, 9.17) is 0 Å². The normalized spacial score (nSPS) is 14.8. The molecule has 0 aliphatic carbocycles. The average molecular weight is 351 g/mol. The molecule has 4 rings (SSSR count). The Morgan fingerprint density at radius 3 is 2.69 bits per heavy atom. The highest BCUT2D eigenvalue weighted by atomic mass is 19.1. The van der Waals surface area contributed by atoms with Crippen molar-refractivity contribution in [3.63, 3.8) is 0 Å². The summed E-state index contributed by atoms with van der Waals surface area (Å²) in [6.45, 7) is 3.18. The van der Waals surface area contributed by atoms with Crippen molar-refractivity contribution in [2.75, 3.05) is 6.54 Å². The Bertz CT molecular complexity index is 940. The molecular weight excluding hydrogens is 333 g/mol. The van der Waals surface area contributed by atoms with Gasteiger partial charge < -0.3 is 9.47 Å². The van der Waals surface area contributed by atoms with E-state index in [1.165, 1.54) is 18.3 Å². The highest BCUT2D eigenvalue weighted by Crippen LogP contribution is 2.24. The smallest absolute Gasteiger partial charge is 0.232 e. The molecule has 0 unspecified atom stereocenters. The van der Waals surface area contributed by atoms with Crippen molar-refractivity contribution < 1.29 is 9.18 Å². The molecule has 26 heavy (non-hydrogen) atoms. The summed E-state index contributed by atoms with van der Waals surface area (Å²) in [5.74, 6) is 0.283. The van der Waals surface area contributed by atoms with Gasteiger partial charge in [0.2, 0.25) is 5.91 Å². The zero-order valence-corrected chi connectivity index (χ0v) is 14.3. The third-order valence-corrected chi connectivity index (χ3v) is 4.66. The molecule has 0 N–H and O–H groups in total. The van der Waals surface area contributed by atoms with Crippen LogP contribution in [0.15, 0.2) is 48.7 Å². The number of hydrogen-bond donors (Lipinski definition) is 0. The lowest BCUT2D eigenvalue weighted by Gasteiger charge is -2.30. The van der Waals surface area contributed by atoms with Crippen LogP contribution in [0.4, 0.5) is 4.39 Å². The highest BCUT2D eigenvalue weighted by Gasteiger charge is 2.30. The van der Waals surface area contributed by atoms with Gasteiger partial charge in [-0.05, 0) is 19.1 Å². The minimum absolute atomic E-state index is 0.155. The summed E-state index contributed by atoms with van der Waals surface area (Å²) in [6, 6.07) is 12.7. The molecule has 1 aliphatic heterocycles. The fraction of sp³-hybridized carbons (Fsp3) is 0.263. The van der Waals surface area contributed by atoms with Gasteiger partial charge in [0.15, 0.2) is 11.6 Å².